The van der Waals surface area contributed by atoms with Gasteiger partial charge in [-0.2, -0.15) is 0 Å². The molecule has 6 atom stereocenters. The van der Waals surface area contributed by atoms with Crippen LogP contribution in [-0.4, -0.2) is 86.3 Å². The summed E-state index contributed by atoms with van der Waals surface area (Å²) < 4.78 is 53.8. The molecule has 45 heavy (non-hydrogen) atoms. The zero-order valence-electron chi connectivity index (χ0n) is 27.0. The topological polar surface area (TPSA) is 196 Å². The van der Waals surface area contributed by atoms with Gasteiger partial charge in [0.15, 0.2) is 23.1 Å². The Kier molecular flexibility index (Phi) is 12.4. The van der Waals surface area contributed by atoms with Gasteiger partial charge >= 0.3 is 19.6 Å². The number of alkyl halides is 1. The summed E-state index contributed by atoms with van der Waals surface area (Å²) in [6, 6.07) is -2.19. The minimum atomic E-state index is -4.34. The van der Waals surface area contributed by atoms with E-state index in [1.165, 1.54) is 10.9 Å². The Morgan fingerprint density at radius 3 is 2.16 bits per heavy atom. The van der Waals surface area contributed by atoms with Gasteiger partial charge in [0.2, 0.25) is 0 Å². The van der Waals surface area contributed by atoms with Crippen LogP contribution < -0.4 is 15.7 Å². The van der Waals surface area contributed by atoms with Gasteiger partial charge < -0.3 is 28.8 Å². The fourth-order valence-corrected chi connectivity index (χ4v) is 6.91. The Bertz CT molecular complexity index is 1390. The molecule has 3 rings (SSSR count). The maximum absolute atomic E-state index is 16.1. The summed E-state index contributed by atoms with van der Waals surface area (Å²) in [5.74, 6) is -1.14. The standard InChI is InChI=1S/C28H46FN6O9P/c1-9-41-25(38)18(11-15(3)4)33-45(40,34-19(12-16(5)6)26(39)42-10-2)43-13-20-22(36)28(8,29)27(44-20)35-14-30-21-23(35)31-17(7)32-24(21)37/h14-16,18-20,22,27,36H,9-13H2,1-8H3,(H,31,32,37)(H2,33,34,40)/t18-,19-,20+,22-,27+,28?/m0/s1. The van der Waals surface area contributed by atoms with Gasteiger partial charge in [0.1, 0.15) is 30.1 Å². The number of H-pyrrole nitrogens is 1. The van der Waals surface area contributed by atoms with Crippen LogP contribution >= 0.6 is 7.67 Å². The van der Waals surface area contributed by atoms with Gasteiger partial charge in [0, 0.05) is 0 Å². The number of aliphatic hydroxyl groups is 1. The summed E-state index contributed by atoms with van der Waals surface area (Å²) in [4.78, 5) is 48.8. The number of esters is 2. The van der Waals surface area contributed by atoms with E-state index < -0.39 is 68.0 Å². The van der Waals surface area contributed by atoms with Crippen LogP contribution in [-0.2, 0) is 32.9 Å². The lowest BCUT2D eigenvalue weighted by Crippen LogP contribution is -2.46. The van der Waals surface area contributed by atoms with Crippen molar-refractivity contribution in [2.24, 2.45) is 11.8 Å². The monoisotopic (exact) mass is 660 g/mol. The molecule has 1 saturated heterocycles. The molecule has 254 valence electrons. The zero-order chi connectivity index (χ0) is 33.7. The highest BCUT2D eigenvalue weighted by Gasteiger charge is 2.56. The first-order valence-electron chi connectivity index (χ1n) is 15.1. The average molecular weight is 661 g/mol. The van der Waals surface area contributed by atoms with Crippen molar-refractivity contribution in [3.05, 3.63) is 22.5 Å². The number of fused-ring (bicyclic) bond motifs is 1. The quantitative estimate of drug-likeness (QED) is 0.152. The molecule has 15 nitrogen and oxygen atoms in total. The molecule has 2 aromatic heterocycles. The van der Waals surface area contributed by atoms with Gasteiger partial charge in [-0.15, -0.1) is 0 Å². The Hall–Kier alpha value is -2.75. The first-order valence-corrected chi connectivity index (χ1v) is 16.7. The lowest BCUT2D eigenvalue weighted by molar-refractivity contribution is -0.146. The molecule has 0 bridgehead atoms. The molecule has 0 aliphatic carbocycles. The molecule has 4 N–H and O–H groups in total. The molecule has 1 unspecified atom stereocenters. The van der Waals surface area contributed by atoms with E-state index in [9.17, 15) is 24.1 Å². The highest BCUT2D eigenvalue weighted by molar-refractivity contribution is 7.54. The predicted octanol–water partition coefficient (Wildman–Crippen LogP) is 2.67. The summed E-state index contributed by atoms with van der Waals surface area (Å²) in [5, 5.41) is 16.5. The summed E-state index contributed by atoms with van der Waals surface area (Å²) in [6.07, 6.45) is -3.03. The third kappa shape index (κ3) is 8.95. The van der Waals surface area contributed by atoms with Crippen molar-refractivity contribution >= 4 is 30.8 Å². The van der Waals surface area contributed by atoms with Crippen LogP contribution in [0.1, 0.15) is 73.4 Å². The molecule has 0 radical (unpaired) electrons. The van der Waals surface area contributed by atoms with Crippen LogP contribution in [0, 0.1) is 18.8 Å². The third-order valence-electron chi connectivity index (χ3n) is 7.15. The van der Waals surface area contributed by atoms with E-state index in [0.29, 0.717) is 0 Å². The molecule has 2 aromatic rings. The second-order valence-electron chi connectivity index (χ2n) is 12.1. The van der Waals surface area contributed by atoms with E-state index in [-0.39, 0.29) is 54.9 Å². The van der Waals surface area contributed by atoms with E-state index in [1.54, 1.807) is 20.8 Å². The molecular weight excluding hydrogens is 614 g/mol. The fraction of sp³-hybridized carbons (Fsp3) is 0.750. The maximum atomic E-state index is 16.1. The number of carbonyl (C=O) groups is 2. The predicted molar refractivity (Wildman–Crippen MR) is 162 cm³/mol. The molecule has 0 spiro atoms. The van der Waals surface area contributed by atoms with Crippen LogP contribution in [0.2, 0.25) is 0 Å². The van der Waals surface area contributed by atoms with Gasteiger partial charge in [-0.05, 0) is 52.4 Å². The first-order chi connectivity index (χ1) is 21.0. The van der Waals surface area contributed by atoms with Crippen LogP contribution in [0.5, 0.6) is 0 Å². The van der Waals surface area contributed by atoms with Crippen molar-refractivity contribution in [2.75, 3.05) is 19.8 Å². The number of rotatable bonds is 16. The normalized spacial score (nSPS) is 23.5. The van der Waals surface area contributed by atoms with Crippen LogP contribution in [0.3, 0.4) is 0 Å². The van der Waals surface area contributed by atoms with E-state index in [4.69, 9.17) is 18.7 Å². The fourth-order valence-electron chi connectivity index (χ4n) is 5.09. The number of hydrogen-bond acceptors (Lipinski definition) is 11. The van der Waals surface area contributed by atoms with Crippen molar-refractivity contribution in [3.63, 3.8) is 0 Å². The number of carbonyl (C=O) groups excluding carboxylic acids is 2. The second-order valence-corrected chi connectivity index (χ2v) is 13.9. The van der Waals surface area contributed by atoms with Gasteiger partial charge in [-0.3, -0.25) is 23.5 Å². The van der Waals surface area contributed by atoms with Crippen molar-refractivity contribution in [3.8, 4) is 0 Å². The maximum Gasteiger partial charge on any atom is 0.342 e. The smallest absolute Gasteiger partial charge is 0.342 e. The van der Waals surface area contributed by atoms with Gasteiger partial charge in [-0.25, -0.2) is 24.5 Å². The summed E-state index contributed by atoms with van der Waals surface area (Å²) >= 11 is 0. The first kappa shape index (κ1) is 36.7. The number of imidazole rings is 1. The summed E-state index contributed by atoms with van der Waals surface area (Å²) in [5.41, 5.74) is -2.95. The SMILES string of the molecule is CCOC(=O)[C@H](CC(C)C)NP(=O)(N[C@@H](CC(C)C)C(=O)OCC)OC[C@H]1O[C@@H](n2cnc3c(=O)[nH]c(C)nc32)C(C)(F)[C@H]1O. The third-order valence-corrected chi connectivity index (χ3v) is 8.96. The van der Waals surface area contributed by atoms with Gasteiger partial charge in [-0.1, -0.05) is 27.7 Å². The highest BCUT2D eigenvalue weighted by atomic mass is 31.2. The number of ether oxygens (including phenoxy) is 3. The lowest BCUT2D eigenvalue weighted by atomic mass is 9.98. The van der Waals surface area contributed by atoms with E-state index in [0.717, 1.165) is 6.92 Å². The second kappa shape index (κ2) is 15.2. The molecule has 1 aliphatic heterocycles. The molecule has 0 amide bonds. The molecule has 17 heteroatoms. The minimum absolute atomic E-state index is 0.0284. The summed E-state index contributed by atoms with van der Waals surface area (Å²) in [7, 11) is -4.34. The van der Waals surface area contributed by atoms with Gasteiger partial charge in [0.25, 0.3) is 5.56 Å². The average Bonchev–Trinajstić information content (AvgIpc) is 3.44. The van der Waals surface area contributed by atoms with Crippen molar-refractivity contribution in [2.45, 2.75) is 104 Å². The summed E-state index contributed by atoms with van der Waals surface area (Å²) in [6.45, 7) is 12.9. The van der Waals surface area contributed by atoms with E-state index in [1.807, 2.05) is 27.7 Å². The molecule has 0 saturated carbocycles. The Morgan fingerprint density at radius 1 is 1.13 bits per heavy atom. The number of nitrogens with zero attached hydrogens (tertiary/aromatic N) is 3. The highest BCUT2D eigenvalue weighted by Crippen LogP contribution is 2.46. The van der Waals surface area contributed by atoms with Crippen molar-refractivity contribution < 1.29 is 42.4 Å². The number of aromatic nitrogens is 4. The number of halogens is 1. The van der Waals surface area contributed by atoms with Crippen molar-refractivity contribution in [1.82, 2.24) is 29.7 Å². The van der Waals surface area contributed by atoms with Crippen LogP contribution in [0.4, 0.5) is 4.39 Å². The number of aliphatic hydroxyl groups excluding tert-OH is 1. The number of hydrogen-bond donors (Lipinski definition) is 4. The number of nitrogens with one attached hydrogen (secondary N) is 3. The van der Waals surface area contributed by atoms with Crippen LogP contribution in [0.25, 0.3) is 11.2 Å². The van der Waals surface area contributed by atoms with Crippen molar-refractivity contribution in [1.29, 1.82) is 0 Å². The molecule has 1 fully saturated rings. The van der Waals surface area contributed by atoms with E-state index in [2.05, 4.69) is 25.1 Å². The van der Waals surface area contributed by atoms with Gasteiger partial charge in [0.05, 0.1) is 26.1 Å². The Morgan fingerprint density at radius 2 is 1.67 bits per heavy atom. The molecular formula is C28H46FN6O9P. The molecule has 3 heterocycles. The lowest BCUT2D eigenvalue weighted by Gasteiger charge is -2.30. The Balaban J connectivity index is 1.94. The van der Waals surface area contributed by atoms with E-state index >= 15 is 4.39 Å². The zero-order valence-corrected chi connectivity index (χ0v) is 27.9. The number of aromatic amines is 1. The molecule has 1 aliphatic rings. The minimum Gasteiger partial charge on any atom is -0.465 e. The number of aryl methyl sites for hydroxylation is 1. The Labute approximate surface area is 261 Å². The van der Waals surface area contributed by atoms with Crippen LogP contribution in [0.15, 0.2) is 11.1 Å². The largest absolute Gasteiger partial charge is 0.465 e. The molecule has 0 aromatic carbocycles.